The molecule has 162 valence electrons. The first-order valence-electron chi connectivity index (χ1n) is 9.83. The van der Waals surface area contributed by atoms with Crippen molar-refractivity contribution in [3.8, 4) is 5.75 Å². The Labute approximate surface area is 183 Å². The van der Waals surface area contributed by atoms with Crippen LogP contribution in [0.25, 0.3) is 0 Å². The highest BCUT2D eigenvalue weighted by atomic mass is 32.2. The van der Waals surface area contributed by atoms with Crippen LogP contribution in [0, 0.1) is 6.92 Å². The third-order valence-corrected chi connectivity index (χ3v) is 6.40. The molecule has 3 aromatic rings. The Hall–Kier alpha value is -3.16. The van der Waals surface area contributed by atoms with Gasteiger partial charge in [-0.05, 0) is 36.2 Å². The molecule has 31 heavy (non-hydrogen) atoms. The zero-order valence-corrected chi connectivity index (χ0v) is 18.6. The van der Waals surface area contributed by atoms with E-state index >= 15 is 0 Å². The van der Waals surface area contributed by atoms with E-state index in [9.17, 15) is 13.2 Å². The SMILES string of the molecule is COc1ccccc1CN(C)C(=O)c1cc(S(=O)(=O)NCc2ccccc2)ccc1C. The van der Waals surface area contributed by atoms with Crippen LogP contribution in [0.2, 0.25) is 0 Å². The van der Waals surface area contributed by atoms with Gasteiger partial charge in [0.15, 0.2) is 0 Å². The molecule has 0 heterocycles. The summed E-state index contributed by atoms with van der Waals surface area (Å²) in [5.41, 5.74) is 2.77. The van der Waals surface area contributed by atoms with E-state index in [-0.39, 0.29) is 17.3 Å². The van der Waals surface area contributed by atoms with Crippen molar-refractivity contribution in [2.75, 3.05) is 14.2 Å². The van der Waals surface area contributed by atoms with Gasteiger partial charge in [0.05, 0.1) is 12.0 Å². The minimum atomic E-state index is -3.77. The maximum atomic E-state index is 13.1. The molecule has 6 nitrogen and oxygen atoms in total. The standard InChI is InChI=1S/C24H26N2O4S/c1-18-13-14-21(31(28,29)25-16-19-9-5-4-6-10-19)15-22(18)24(27)26(2)17-20-11-7-8-12-23(20)30-3/h4-15,25H,16-17H2,1-3H3. The van der Waals surface area contributed by atoms with E-state index in [1.165, 1.54) is 12.1 Å². The first-order valence-corrected chi connectivity index (χ1v) is 11.3. The predicted molar refractivity (Wildman–Crippen MR) is 120 cm³/mol. The molecule has 3 aromatic carbocycles. The summed E-state index contributed by atoms with van der Waals surface area (Å²) in [7, 11) is -0.499. The Morgan fingerprint density at radius 3 is 2.39 bits per heavy atom. The zero-order valence-electron chi connectivity index (χ0n) is 17.8. The highest BCUT2D eigenvalue weighted by Gasteiger charge is 2.20. The van der Waals surface area contributed by atoms with Crippen LogP contribution in [0.15, 0.2) is 77.7 Å². The van der Waals surface area contributed by atoms with Gasteiger partial charge in [0.2, 0.25) is 10.0 Å². The smallest absolute Gasteiger partial charge is 0.254 e. The van der Waals surface area contributed by atoms with Gasteiger partial charge < -0.3 is 9.64 Å². The third-order valence-electron chi connectivity index (χ3n) is 5.01. The lowest BCUT2D eigenvalue weighted by Crippen LogP contribution is -2.28. The summed E-state index contributed by atoms with van der Waals surface area (Å²) in [6.07, 6.45) is 0. The predicted octanol–water partition coefficient (Wildman–Crippen LogP) is 3.75. The molecule has 0 saturated carbocycles. The Morgan fingerprint density at radius 2 is 1.68 bits per heavy atom. The summed E-state index contributed by atoms with van der Waals surface area (Å²) in [6.45, 7) is 2.30. The second-order valence-corrected chi connectivity index (χ2v) is 9.03. The number of hydrogen-bond donors (Lipinski definition) is 1. The van der Waals surface area contributed by atoms with Gasteiger partial charge in [0.25, 0.3) is 5.91 Å². The number of methoxy groups -OCH3 is 1. The van der Waals surface area contributed by atoms with Crippen molar-refractivity contribution in [1.82, 2.24) is 9.62 Å². The number of benzene rings is 3. The summed E-state index contributed by atoms with van der Waals surface area (Å²) >= 11 is 0. The maximum Gasteiger partial charge on any atom is 0.254 e. The van der Waals surface area contributed by atoms with Gasteiger partial charge in [0.1, 0.15) is 5.75 Å². The van der Waals surface area contributed by atoms with Crippen LogP contribution in [-0.4, -0.2) is 33.4 Å². The van der Waals surface area contributed by atoms with E-state index < -0.39 is 10.0 Å². The molecule has 0 spiro atoms. The second-order valence-electron chi connectivity index (χ2n) is 7.26. The molecule has 0 aliphatic carbocycles. The van der Waals surface area contributed by atoms with Gasteiger partial charge >= 0.3 is 0 Å². The Kier molecular flexibility index (Phi) is 7.09. The number of sulfonamides is 1. The quantitative estimate of drug-likeness (QED) is 0.581. The van der Waals surface area contributed by atoms with E-state index in [1.54, 1.807) is 32.0 Å². The number of nitrogens with zero attached hydrogens (tertiary/aromatic N) is 1. The van der Waals surface area contributed by atoms with Crippen LogP contribution in [0.4, 0.5) is 0 Å². The number of rotatable bonds is 8. The average molecular weight is 439 g/mol. The van der Waals surface area contributed by atoms with Gasteiger partial charge in [-0.2, -0.15) is 0 Å². The fraction of sp³-hybridized carbons (Fsp3) is 0.208. The number of amides is 1. The van der Waals surface area contributed by atoms with E-state index in [4.69, 9.17) is 4.74 Å². The van der Waals surface area contributed by atoms with Gasteiger partial charge in [-0.1, -0.05) is 54.6 Å². The maximum absolute atomic E-state index is 13.1. The molecule has 7 heteroatoms. The van der Waals surface area contributed by atoms with E-state index in [2.05, 4.69) is 4.72 Å². The van der Waals surface area contributed by atoms with Gasteiger partial charge in [0, 0.05) is 31.3 Å². The molecule has 0 aliphatic heterocycles. The number of para-hydroxylation sites is 1. The zero-order chi connectivity index (χ0) is 22.4. The first-order chi connectivity index (χ1) is 14.8. The van der Waals surface area contributed by atoms with Crippen molar-refractivity contribution >= 4 is 15.9 Å². The largest absolute Gasteiger partial charge is 0.496 e. The average Bonchev–Trinajstić information content (AvgIpc) is 2.78. The minimum Gasteiger partial charge on any atom is -0.496 e. The number of nitrogens with one attached hydrogen (secondary N) is 1. The number of hydrogen-bond acceptors (Lipinski definition) is 4. The fourth-order valence-electron chi connectivity index (χ4n) is 3.22. The summed E-state index contributed by atoms with van der Waals surface area (Å²) in [5.74, 6) is 0.434. The second kappa shape index (κ2) is 9.76. The van der Waals surface area contributed by atoms with Crippen LogP contribution in [0.5, 0.6) is 5.75 Å². The van der Waals surface area contributed by atoms with Gasteiger partial charge in [-0.3, -0.25) is 4.79 Å². The molecule has 0 atom stereocenters. The summed E-state index contributed by atoms with van der Waals surface area (Å²) < 4.78 is 33.5. The molecule has 0 fully saturated rings. The number of ether oxygens (including phenoxy) is 1. The highest BCUT2D eigenvalue weighted by Crippen LogP contribution is 2.22. The lowest BCUT2D eigenvalue weighted by Gasteiger charge is -2.20. The third kappa shape index (κ3) is 5.51. The van der Waals surface area contributed by atoms with Crippen molar-refractivity contribution < 1.29 is 17.9 Å². The van der Waals surface area contributed by atoms with Crippen molar-refractivity contribution in [3.05, 3.63) is 95.1 Å². The fourth-order valence-corrected chi connectivity index (χ4v) is 4.27. The topological polar surface area (TPSA) is 75.7 Å². The van der Waals surface area contributed by atoms with Crippen LogP contribution in [0.3, 0.4) is 0 Å². The Morgan fingerprint density at radius 1 is 1.00 bits per heavy atom. The molecule has 1 amide bonds. The molecule has 0 radical (unpaired) electrons. The Balaban J connectivity index is 1.80. The molecule has 0 bridgehead atoms. The van der Waals surface area contributed by atoms with Crippen molar-refractivity contribution in [3.63, 3.8) is 0 Å². The summed E-state index contributed by atoms with van der Waals surface area (Å²) in [5, 5.41) is 0. The van der Waals surface area contributed by atoms with Gasteiger partial charge in [-0.15, -0.1) is 0 Å². The van der Waals surface area contributed by atoms with E-state index in [1.807, 2.05) is 54.6 Å². The normalized spacial score (nSPS) is 11.2. The summed E-state index contributed by atoms with van der Waals surface area (Å²) in [4.78, 5) is 14.7. The molecular formula is C24H26N2O4S. The molecule has 3 rings (SSSR count). The van der Waals surface area contributed by atoms with Crippen molar-refractivity contribution in [2.24, 2.45) is 0 Å². The first kappa shape index (κ1) is 22.5. The van der Waals surface area contributed by atoms with E-state index in [0.29, 0.717) is 23.4 Å². The number of carbonyl (C=O) groups is 1. The van der Waals surface area contributed by atoms with Crippen LogP contribution >= 0.6 is 0 Å². The molecule has 1 N–H and O–H groups in total. The lowest BCUT2D eigenvalue weighted by molar-refractivity contribution is 0.0783. The molecule has 0 aliphatic rings. The number of aryl methyl sites for hydroxylation is 1. The van der Waals surface area contributed by atoms with Crippen LogP contribution < -0.4 is 9.46 Å². The van der Waals surface area contributed by atoms with Crippen molar-refractivity contribution in [1.29, 1.82) is 0 Å². The molecule has 0 unspecified atom stereocenters. The number of carbonyl (C=O) groups excluding carboxylic acids is 1. The van der Waals surface area contributed by atoms with Crippen molar-refractivity contribution in [2.45, 2.75) is 24.9 Å². The molecule has 0 aromatic heterocycles. The minimum absolute atomic E-state index is 0.0584. The Bertz CT molecular complexity index is 1160. The monoisotopic (exact) mass is 438 g/mol. The summed E-state index contributed by atoms with van der Waals surface area (Å²) in [6, 6.07) is 21.3. The van der Waals surface area contributed by atoms with Gasteiger partial charge in [-0.25, -0.2) is 13.1 Å². The van der Waals surface area contributed by atoms with Crippen LogP contribution in [0.1, 0.15) is 27.0 Å². The molecular weight excluding hydrogens is 412 g/mol. The van der Waals surface area contributed by atoms with Crippen LogP contribution in [-0.2, 0) is 23.1 Å². The van der Waals surface area contributed by atoms with E-state index in [0.717, 1.165) is 11.1 Å². The molecule has 0 saturated heterocycles. The lowest BCUT2D eigenvalue weighted by atomic mass is 10.1. The highest BCUT2D eigenvalue weighted by molar-refractivity contribution is 7.89.